The molecule has 1 aromatic rings. The molecule has 0 radical (unpaired) electrons. The topological polar surface area (TPSA) is 106 Å². The molecule has 4 rings (SSSR count). The Morgan fingerprint density at radius 2 is 2.03 bits per heavy atom. The van der Waals surface area contributed by atoms with Gasteiger partial charge in [0.15, 0.2) is 0 Å². The quantitative estimate of drug-likeness (QED) is 0.605. The van der Waals surface area contributed by atoms with Crippen molar-refractivity contribution in [3.63, 3.8) is 0 Å². The predicted octanol–water partition coefficient (Wildman–Crippen LogP) is 2.28. The highest BCUT2D eigenvalue weighted by atomic mass is 16.5. The van der Waals surface area contributed by atoms with Crippen LogP contribution in [-0.4, -0.2) is 70.6 Å². The summed E-state index contributed by atoms with van der Waals surface area (Å²) in [5, 5.41) is 6.35. The molecule has 9 nitrogen and oxygen atoms in total. The number of aromatic nitrogens is 2. The molecule has 198 valence electrons. The van der Waals surface area contributed by atoms with Gasteiger partial charge < -0.3 is 24.8 Å². The Morgan fingerprint density at radius 3 is 2.75 bits per heavy atom. The fourth-order valence-corrected chi connectivity index (χ4v) is 5.61. The maximum Gasteiger partial charge on any atom is 0.242 e. The molecule has 1 spiro atoms. The van der Waals surface area contributed by atoms with E-state index < -0.39 is 11.5 Å². The number of piperidine rings is 1. The number of nitrogens with one attached hydrogen (secondary N) is 2. The van der Waals surface area contributed by atoms with Crippen LogP contribution in [0.5, 0.6) is 0 Å². The summed E-state index contributed by atoms with van der Waals surface area (Å²) in [7, 11) is 0. The maximum absolute atomic E-state index is 13.7. The number of hydrogen-bond acceptors (Lipinski definition) is 5. The summed E-state index contributed by atoms with van der Waals surface area (Å²) in [6.45, 7) is 7.11. The lowest BCUT2D eigenvalue weighted by Crippen LogP contribution is -2.57. The number of fused-ring (bicyclic) bond motifs is 1. The summed E-state index contributed by atoms with van der Waals surface area (Å²) in [4.78, 5) is 45.7. The maximum atomic E-state index is 13.7. The van der Waals surface area contributed by atoms with Gasteiger partial charge in [0.05, 0.1) is 18.3 Å². The standard InChI is InChI=1S/C27H41N5O4/c1-20(2)17-23-25(34)29-22-7-16-36-18-21(22)5-3-4-8-27(26(35)30-23)9-13-32(14-10-27)24(33)6-12-31-15-11-28-19-31/h3-4,11,15,19-23H,5-10,12-14,16-18H2,1-2H3,(H,29,34)(H,30,35)/b4-3+/t21-,22+,23-/m0/s1. The van der Waals surface area contributed by atoms with Crippen LogP contribution in [0.2, 0.25) is 0 Å². The summed E-state index contributed by atoms with van der Waals surface area (Å²) in [5.41, 5.74) is -0.616. The van der Waals surface area contributed by atoms with Gasteiger partial charge >= 0.3 is 0 Å². The number of carbonyl (C=O) groups is 3. The average molecular weight is 500 g/mol. The number of nitrogens with zero attached hydrogens (tertiary/aromatic N) is 3. The minimum Gasteiger partial charge on any atom is -0.381 e. The van der Waals surface area contributed by atoms with E-state index in [9.17, 15) is 14.4 Å². The van der Waals surface area contributed by atoms with E-state index in [1.165, 1.54) is 0 Å². The summed E-state index contributed by atoms with van der Waals surface area (Å²) in [6.07, 6.45) is 14.0. The van der Waals surface area contributed by atoms with Crippen LogP contribution in [0.25, 0.3) is 0 Å². The Hall–Kier alpha value is -2.68. The fourth-order valence-electron chi connectivity index (χ4n) is 5.61. The van der Waals surface area contributed by atoms with Gasteiger partial charge in [-0.05, 0) is 44.4 Å². The zero-order valence-electron chi connectivity index (χ0n) is 21.7. The molecule has 3 atom stereocenters. The van der Waals surface area contributed by atoms with E-state index in [-0.39, 0.29) is 35.6 Å². The smallest absolute Gasteiger partial charge is 0.242 e. The van der Waals surface area contributed by atoms with Crippen molar-refractivity contribution in [2.24, 2.45) is 17.3 Å². The van der Waals surface area contributed by atoms with Gasteiger partial charge in [-0.1, -0.05) is 26.0 Å². The molecule has 1 aromatic heterocycles. The molecule has 0 saturated carbocycles. The lowest BCUT2D eigenvalue weighted by Gasteiger charge is -2.41. The molecule has 4 heterocycles. The van der Waals surface area contributed by atoms with Gasteiger partial charge in [-0.15, -0.1) is 0 Å². The first-order valence-corrected chi connectivity index (χ1v) is 13.4. The van der Waals surface area contributed by atoms with Crippen molar-refractivity contribution in [2.75, 3.05) is 26.3 Å². The number of likely N-dealkylation sites (tertiary alicyclic amines) is 1. The first-order chi connectivity index (χ1) is 17.4. The Bertz CT molecular complexity index is 921. The third-order valence-corrected chi connectivity index (χ3v) is 7.94. The molecular weight excluding hydrogens is 458 g/mol. The zero-order valence-corrected chi connectivity index (χ0v) is 21.7. The van der Waals surface area contributed by atoms with Crippen molar-refractivity contribution >= 4 is 17.7 Å². The Balaban J connectivity index is 1.46. The molecule has 3 aliphatic heterocycles. The van der Waals surface area contributed by atoms with Crippen molar-refractivity contribution in [3.8, 4) is 0 Å². The second-order valence-electron chi connectivity index (χ2n) is 11.0. The van der Waals surface area contributed by atoms with E-state index in [2.05, 4.69) is 41.6 Å². The van der Waals surface area contributed by atoms with Crippen LogP contribution in [0, 0.1) is 17.3 Å². The minimum atomic E-state index is -0.616. The van der Waals surface area contributed by atoms with E-state index >= 15 is 0 Å². The average Bonchev–Trinajstić information content (AvgIpc) is 3.39. The monoisotopic (exact) mass is 499 g/mol. The van der Waals surface area contributed by atoms with E-state index in [1.54, 1.807) is 12.5 Å². The molecule has 2 fully saturated rings. The Morgan fingerprint density at radius 1 is 1.22 bits per heavy atom. The van der Waals surface area contributed by atoms with Crippen LogP contribution in [0.4, 0.5) is 0 Å². The largest absolute Gasteiger partial charge is 0.381 e. The first kappa shape index (κ1) is 26.4. The highest BCUT2D eigenvalue weighted by Gasteiger charge is 2.43. The van der Waals surface area contributed by atoms with Gasteiger partial charge in [-0.2, -0.15) is 0 Å². The molecule has 0 unspecified atom stereocenters. The van der Waals surface area contributed by atoms with Crippen LogP contribution < -0.4 is 10.6 Å². The number of imidazole rings is 1. The summed E-state index contributed by atoms with van der Waals surface area (Å²) >= 11 is 0. The second-order valence-corrected chi connectivity index (χ2v) is 11.0. The molecule has 9 heteroatoms. The van der Waals surface area contributed by atoms with Gasteiger partial charge in [-0.3, -0.25) is 14.4 Å². The van der Waals surface area contributed by atoms with E-state index in [0.717, 1.165) is 12.8 Å². The highest BCUT2D eigenvalue weighted by molar-refractivity contribution is 5.90. The third kappa shape index (κ3) is 6.55. The molecule has 36 heavy (non-hydrogen) atoms. The van der Waals surface area contributed by atoms with Crippen LogP contribution >= 0.6 is 0 Å². The van der Waals surface area contributed by atoms with E-state index in [4.69, 9.17) is 4.74 Å². The van der Waals surface area contributed by atoms with Crippen LogP contribution in [0.3, 0.4) is 0 Å². The number of ether oxygens (including phenoxy) is 1. The van der Waals surface area contributed by atoms with Gasteiger partial charge in [0, 0.05) is 57.0 Å². The predicted molar refractivity (Wildman–Crippen MR) is 136 cm³/mol. The van der Waals surface area contributed by atoms with E-state index in [1.807, 2.05) is 15.7 Å². The number of carbonyl (C=O) groups excluding carboxylic acids is 3. The van der Waals surface area contributed by atoms with Crippen LogP contribution in [-0.2, 0) is 25.7 Å². The third-order valence-electron chi connectivity index (χ3n) is 7.94. The summed E-state index contributed by atoms with van der Waals surface area (Å²) in [6, 6.07) is -0.497. The minimum absolute atomic E-state index is 0.0624. The number of rotatable bonds is 5. The molecule has 3 aliphatic rings. The number of hydrogen-bond donors (Lipinski definition) is 2. The molecule has 2 saturated heterocycles. The normalized spacial score (nSPS) is 28.0. The lowest BCUT2D eigenvalue weighted by molar-refractivity contribution is -0.142. The summed E-state index contributed by atoms with van der Waals surface area (Å²) in [5.74, 6) is 0.441. The van der Waals surface area contributed by atoms with Gasteiger partial charge in [0.1, 0.15) is 6.04 Å². The molecule has 0 aliphatic carbocycles. The van der Waals surface area contributed by atoms with Crippen molar-refractivity contribution < 1.29 is 19.1 Å². The molecule has 3 amide bonds. The number of amides is 3. The van der Waals surface area contributed by atoms with Gasteiger partial charge in [-0.25, -0.2) is 4.98 Å². The van der Waals surface area contributed by atoms with Crippen LogP contribution in [0.1, 0.15) is 58.8 Å². The lowest BCUT2D eigenvalue weighted by atomic mass is 9.74. The van der Waals surface area contributed by atoms with E-state index in [0.29, 0.717) is 65.0 Å². The van der Waals surface area contributed by atoms with Gasteiger partial charge in [0.2, 0.25) is 17.7 Å². The molecule has 2 N–H and O–H groups in total. The van der Waals surface area contributed by atoms with Crippen molar-refractivity contribution in [1.82, 2.24) is 25.1 Å². The Labute approximate surface area is 214 Å². The van der Waals surface area contributed by atoms with Crippen molar-refractivity contribution in [3.05, 3.63) is 30.9 Å². The van der Waals surface area contributed by atoms with Crippen LogP contribution in [0.15, 0.2) is 30.9 Å². The highest BCUT2D eigenvalue weighted by Crippen LogP contribution is 2.37. The molecule has 0 aromatic carbocycles. The SMILES string of the molecule is CC(C)C[C@@H]1NC(=O)C2(C/C=C/C[C@H]3COCC[C@H]3NC1=O)CCN(C(=O)CCn1ccnc1)CC2. The Kier molecular flexibility index (Phi) is 8.82. The van der Waals surface area contributed by atoms with Crippen molar-refractivity contribution in [2.45, 2.75) is 77.4 Å². The number of allylic oxidation sites excluding steroid dienone is 2. The zero-order chi connectivity index (χ0) is 25.5. The molecule has 0 bridgehead atoms. The first-order valence-electron chi connectivity index (χ1n) is 13.4. The fraction of sp³-hybridized carbons (Fsp3) is 0.704. The second kappa shape index (κ2) is 12.0. The van der Waals surface area contributed by atoms with Crippen molar-refractivity contribution in [1.29, 1.82) is 0 Å². The number of aryl methyl sites for hydroxylation is 1. The van der Waals surface area contributed by atoms with Gasteiger partial charge in [0.25, 0.3) is 0 Å². The summed E-state index contributed by atoms with van der Waals surface area (Å²) < 4.78 is 7.60. The molecular formula is C27H41N5O4.